The highest BCUT2D eigenvalue weighted by Gasteiger charge is 2.57. The van der Waals surface area contributed by atoms with Gasteiger partial charge >= 0.3 is 5.97 Å². The van der Waals surface area contributed by atoms with E-state index in [0.717, 1.165) is 11.3 Å². The largest absolute Gasteiger partial charge is 0.323 e. The second-order valence-corrected chi connectivity index (χ2v) is 6.89. The van der Waals surface area contributed by atoms with Gasteiger partial charge in [-0.15, -0.1) is 0 Å². The van der Waals surface area contributed by atoms with E-state index in [1.807, 2.05) is 24.3 Å². The highest BCUT2D eigenvalue weighted by molar-refractivity contribution is 7.78. The Morgan fingerprint density at radius 2 is 1.57 bits per heavy atom. The number of hydrogen-bond acceptors (Lipinski definition) is 5. The molecule has 0 spiro atoms. The minimum Gasteiger partial charge on any atom is -0.323 e. The maximum Gasteiger partial charge on any atom is 0.312 e. The third kappa shape index (κ3) is 2.35. The fourth-order valence-electron chi connectivity index (χ4n) is 2.64. The van der Waals surface area contributed by atoms with Gasteiger partial charge < -0.3 is 14.2 Å². The van der Waals surface area contributed by atoms with Gasteiger partial charge in [-0.25, -0.2) is 0 Å². The summed E-state index contributed by atoms with van der Waals surface area (Å²) in [5.74, 6) is -1.08. The quantitative estimate of drug-likeness (QED) is 0.618. The molecule has 0 radical (unpaired) electrons. The Bertz CT molecular complexity index is 560. The second kappa shape index (κ2) is 4.97. The molecule has 3 fully saturated rings. The highest BCUT2D eigenvalue weighted by Crippen LogP contribution is 2.51. The molecule has 1 aromatic rings. The average Bonchev–Trinajstić information content (AvgIpc) is 2.49. The molecule has 0 atom stereocenters. The third-order valence-corrected chi connectivity index (χ3v) is 4.69. The van der Waals surface area contributed by atoms with Gasteiger partial charge in [-0.1, -0.05) is 20.8 Å². The van der Waals surface area contributed by atoms with Gasteiger partial charge in [0.15, 0.2) is 0 Å². The fraction of sp³-hybridized carbons (Fsp3) is 0.562. The molecule has 112 valence electrons. The molecular formula is C16H19NO3S. The standard InChI is InChI=1S/C16H19NO3S/c1-14(2,3)15-8-18-16(19-9-15,20-10-15)12-4-6-13(7-5-12)17-11-21/h4-7H,8-10H2,1-3H3. The molecule has 2 bridgehead atoms. The first-order valence-electron chi connectivity index (χ1n) is 7.01. The van der Waals surface area contributed by atoms with Gasteiger partial charge in [0.05, 0.1) is 30.7 Å². The van der Waals surface area contributed by atoms with Crippen LogP contribution in [-0.2, 0) is 20.2 Å². The van der Waals surface area contributed by atoms with Crippen molar-refractivity contribution >= 4 is 23.1 Å². The van der Waals surface area contributed by atoms with Gasteiger partial charge in [-0.05, 0) is 41.9 Å². The number of benzene rings is 1. The maximum atomic E-state index is 5.97. The lowest BCUT2D eigenvalue weighted by Gasteiger charge is -2.56. The van der Waals surface area contributed by atoms with E-state index in [1.165, 1.54) is 0 Å². The number of thiocarbonyl (C=S) groups is 1. The van der Waals surface area contributed by atoms with Crippen LogP contribution in [-0.4, -0.2) is 25.0 Å². The molecule has 0 aliphatic carbocycles. The Balaban J connectivity index is 1.84. The third-order valence-electron chi connectivity index (χ3n) is 4.60. The summed E-state index contributed by atoms with van der Waals surface area (Å²) >= 11 is 4.60. The zero-order chi connectivity index (χ0) is 15.1. The van der Waals surface area contributed by atoms with Crippen LogP contribution in [0.5, 0.6) is 0 Å². The van der Waals surface area contributed by atoms with Gasteiger partial charge in [0.2, 0.25) is 0 Å². The molecule has 3 aliphatic rings. The van der Waals surface area contributed by atoms with Gasteiger partial charge in [0.1, 0.15) is 0 Å². The van der Waals surface area contributed by atoms with Crippen molar-refractivity contribution in [1.29, 1.82) is 0 Å². The molecule has 0 unspecified atom stereocenters. The molecule has 5 heteroatoms. The number of fused-ring (bicyclic) bond motifs is 3. The van der Waals surface area contributed by atoms with Crippen LogP contribution in [0.2, 0.25) is 0 Å². The van der Waals surface area contributed by atoms with Crippen molar-refractivity contribution in [2.75, 3.05) is 19.8 Å². The van der Waals surface area contributed by atoms with E-state index in [0.29, 0.717) is 19.8 Å². The van der Waals surface area contributed by atoms with Gasteiger partial charge in [-0.3, -0.25) is 0 Å². The van der Waals surface area contributed by atoms with Crippen LogP contribution in [0, 0.1) is 10.8 Å². The van der Waals surface area contributed by atoms with E-state index in [2.05, 4.69) is 43.1 Å². The number of isothiocyanates is 1. The smallest absolute Gasteiger partial charge is 0.312 e. The van der Waals surface area contributed by atoms with Crippen molar-refractivity contribution in [3.63, 3.8) is 0 Å². The van der Waals surface area contributed by atoms with Gasteiger partial charge in [0.25, 0.3) is 0 Å². The average molecular weight is 305 g/mol. The molecule has 0 amide bonds. The molecule has 3 aliphatic heterocycles. The van der Waals surface area contributed by atoms with Crippen LogP contribution in [0.3, 0.4) is 0 Å². The number of ether oxygens (including phenoxy) is 3. The Morgan fingerprint density at radius 3 is 2.00 bits per heavy atom. The summed E-state index contributed by atoms with van der Waals surface area (Å²) in [7, 11) is 0. The molecular weight excluding hydrogens is 286 g/mol. The first-order chi connectivity index (χ1) is 9.91. The van der Waals surface area contributed by atoms with Crippen LogP contribution in [0.1, 0.15) is 26.3 Å². The highest BCUT2D eigenvalue weighted by atomic mass is 32.1. The van der Waals surface area contributed by atoms with Crippen molar-refractivity contribution in [1.82, 2.24) is 0 Å². The van der Waals surface area contributed by atoms with Crippen molar-refractivity contribution in [2.24, 2.45) is 15.8 Å². The van der Waals surface area contributed by atoms with Crippen molar-refractivity contribution in [2.45, 2.75) is 26.7 Å². The molecule has 3 saturated heterocycles. The van der Waals surface area contributed by atoms with Gasteiger partial charge in [-0.2, -0.15) is 4.99 Å². The normalized spacial score (nSPS) is 31.8. The zero-order valence-corrected chi connectivity index (χ0v) is 13.3. The summed E-state index contributed by atoms with van der Waals surface area (Å²) in [6, 6.07) is 7.47. The summed E-state index contributed by atoms with van der Waals surface area (Å²) in [5, 5.41) is 2.35. The lowest BCUT2D eigenvalue weighted by molar-refractivity contribution is -0.489. The topological polar surface area (TPSA) is 40.0 Å². The molecule has 4 rings (SSSR count). The number of rotatable bonds is 2. The predicted molar refractivity (Wildman–Crippen MR) is 82.6 cm³/mol. The van der Waals surface area contributed by atoms with E-state index in [9.17, 15) is 0 Å². The summed E-state index contributed by atoms with van der Waals surface area (Å²) in [4.78, 5) is 3.94. The summed E-state index contributed by atoms with van der Waals surface area (Å²) in [6.45, 7) is 8.49. The predicted octanol–water partition coefficient (Wildman–Crippen LogP) is 3.64. The Labute approximate surface area is 130 Å². The first kappa shape index (κ1) is 14.8. The van der Waals surface area contributed by atoms with Crippen LogP contribution >= 0.6 is 12.2 Å². The Morgan fingerprint density at radius 1 is 1.05 bits per heavy atom. The lowest BCUT2D eigenvalue weighted by Crippen LogP contribution is -2.62. The molecule has 21 heavy (non-hydrogen) atoms. The van der Waals surface area contributed by atoms with E-state index in [4.69, 9.17) is 14.2 Å². The molecule has 4 nitrogen and oxygen atoms in total. The van der Waals surface area contributed by atoms with Crippen LogP contribution in [0.25, 0.3) is 0 Å². The minimum absolute atomic E-state index is 0.0669. The molecule has 0 saturated carbocycles. The van der Waals surface area contributed by atoms with Gasteiger partial charge in [0, 0.05) is 11.0 Å². The maximum absolute atomic E-state index is 5.97. The Hall–Kier alpha value is -1.10. The van der Waals surface area contributed by atoms with E-state index >= 15 is 0 Å². The summed E-state index contributed by atoms with van der Waals surface area (Å²) < 4.78 is 17.9. The molecule has 3 heterocycles. The first-order valence-corrected chi connectivity index (χ1v) is 7.42. The van der Waals surface area contributed by atoms with E-state index < -0.39 is 5.97 Å². The summed E-state index contributed by atoms with van der Waals surface area (Å²) in [6.07, 6.45) is 0. The zero-order valence-electron chi connectivity index (χ0n) is 12.5. The van der Waals surface area contributed by atoms with Crippen molar-refractivity contribution in [3.05, 3.63) is 29.8 Å². The summed E-state index contributed by atoms with van der Waals surface area (Å²) in [5.41, 5.74) is 1.57. The number of hydrogen-bond donors (Lipinski definition) is 0. The van der Waals surface area contributed by atoms with Crippen LogP contribution in [0.15, 0.2) is 29.3 Å². The van der Waals surface area contributed by atoms with Crippen molar-refractivity contribution in [3.8, 4) is 0 Å². The minimum atomic E-state index is -1.08. The SMILES string of the molecule is CC(C)(C)C12COC(c3ccc(N=C=S)cc3)(OC1)OC2. The Kier molecular flexibility index (Phi) is 3.51. The molecule has 1 aromatic carbocycles. The van der Waals surface area contributed by atoms with E-state index in [1.54, 1.807) is 0 Å². The number of aliphatic imine (C=N–C) groups is 1. The second-order valence-electron chi connectivity index (χ2n) is 6.70. The van der Waals surface area contributed by atoms with E-state index in [-0.39, 0.29) is 10.8 Å². The fourth-order valence-corrected chi connectivity index (χ4v) is 2.75. The van der Waals surface area contributed by atoms with Crippen LogP contribution < -0.4 is 0 Å². The number of nitrogens with zero attached hydrogens (tertiary/aromatic N) is 1. The van der Waals surface area contributed by atoms with Crippen LogP contribution in [0.4, 0.5) is 5.69 Å². The molecule has 0 N–H and O–H groups in total. The molecule has 0 aromatic heterocycles. The lowest BCUT2D eigenvalue weighted by atomic mass is 9.67. The monoisotopic (exact) mass is 305 g/mol. The van der Waals surface area contributed by atoms with Crippen molar-refractivity contribution < 1.29 is 14.2 Å².